The van der Waals surface area contributed by atoms with Gasteiger partial charge in [-0.2, -0.15) is 0 Å². The Balaban J connectivity index is 1.86. The second-order valence-electron chi connectivity index (χ2n) is 8.11. The number of carbonyl (C=O) groups is 3. The number of hydrogen-bond donors (Lipinski definition) is 0. The molecule has 2 amide bonds. The Bertz CT molecular complexity index is 1200. The van der Waals surface area contributed by atoms with Crippen molar-refractivity contribution >= 4 is 52.2 Å². The number of carbonyl (C=O) groups excluding carboxylic acids is 3. The van der Waals surface area contributed by atoms with Crippen molar-refractivity contribution in [2.45, 2.75) is 33.7 Å². The third kappa shape index (κ3) is 6.93. The van der Waals surface area contributed by atoms with Crippen LogP contribution in [0, 0.1) is 0 Å². The number of thioether (sulfide) groups is 1. The Kier molecular flexibility index (Phi) is 10.7. The number of nitrogens with zero attached hydrogens (tertiary/aromatic N) is 2. The fourth-order valence-electron chi connectivity index (χ4n) is 3.91. The van der Waals surface area contributed by atoms with Crippen molar-refractivity contribution in [1.29, 1.82) is 0 Å². The second-order valence-corrected chi connectivity index (χ2v) is 9.79. The summed E-state index contributed by atoms with van der Waals surface area (Å²) in [5, 5.41) is 0. The van der Waals surface area contributed by atoms with Crippen LogP contribution in [-0.2, 0) is 19.1 Å². The monoisotopic (exact) mass is 556 g/mol. The van der Waals surface area contributed by atoms with Gasteiger partial charge in [-0.05, 0) is 57.0 Å². The van der Waals surface area contributed by atoms with Gasteiger partial charge in [0.2, 0.25) is 0 Å². The highest BCUT2D eigenvalue weighted by Crippen LogP contribution is 2.39. The molecule has 1 aliphatic heterocycles. The highest BCUT2D eigenvalue weighted by Gasteiger charge is 2.42. The first kappa shape index (κ1) is 29.2. The smallest absolute Gasteiger partial charge is 0.333 e. The normalized spacial score (nSPS) is 14.9. The highest BCUT2D eigenvalue weighted by atomic mass is 32.2. The van der Waals surface area contributed by atoms with Gasteiger partial charge in [0.25, 0.3) is 11.8 Å². The third-order valence-corrected chi connectivity index (χ3v) is 7.07. The van der Waals surface area contributed by atoms with Crippen LogP contribution in [0.4, 0.5) is 0 Å². The van der Waals surface area contributed by atoms with Gasteiger partial charge in [0, 0.05) is 13.1 Å². The molecule has 8 nitrogen and oxygen atoms in total. The molecule has 0 saturated carbocycles. The summed E-state index contributed by atoms with van der Waals surface area (Å²) < 4.78 is 17.0. The molecule has 0 spiro atoms. The first-order valence-corrected chi connectivity index (χ1v) is 13.7. The average Bonchev–Trinajstić information content (AvgIpc) is 3.18. The maximum Gasteiger partial charge on any atom is 0.333 e. The molecule has 1 aliphatic rings. The second kappa shape index (κ2) is 14.0. The van der Waals surface area contributed by atoms with Gasteiger partial charge in [0.05, 0.1) is 18.1 Å². The minimum absolute atomic E-state index is 0.103. The van der Waals surface area contributed by atoms with Crippen molar-refractivity contribution in [3.63, 3.8) is 0 Å². The molecule has 2 aromatic rings. The fraction of sp³-hybridized carbons (Fsp3) is 0.357. The number of hydrogen-bond acceptors (Lipinski definition) is 8. The van der Waals surface area contributed by atoms with Crippen LogP contribution in [0.1, 0.15) is 44.9 Å². The summed E-state index contributed by atoms with van der Waals surface area (Å²) in [6.07, 6.45) is 1.69. The molecular weight excluding hydrogens is 524 g/mol. The lowest BCUT2D eigenvalue weighted by Gasteiger charge is -2.25. The van der Waals surface area contributed by atoms with Gasteiger partial charge in [-0.25, -0.2) is 4.79 Å². The number of amides is 2. The zero-order valence-electron chi connectivity index (χ0n) is 22.0. The molecule has 1 fully saturated rings. The Hall–Kier alpha value is -3.37. The number of rotatable bonds is 12. The summed E-state index contributed by atoms with van der Waals surface area (Å²) in [7, 11) is 0. The molecule has 3 rings (SSSR count). The van der Waals surface area contributed by atoms with Crippen molar-refractivity contribution in [3.8, 4) is 11.5 Å². The summed E-state index contributed by atoms with van der Waals surface area (Å²) in [6, 6.07) is 13.2. The molecule has 2 aromatic carbocycles. The Labute approximate surface area is 232 Å². The van der Waals surface area contributed by atoms with Gasteiger partial charge in [0.15, 0.2) is 24.1 Å². The van der Waals surface area contributed by atoms with Crippen LogP contribution in [-0.4, -0.2) is 64.8 Å². The molecule has 0 N–H and O–H groups in total. The number of likely N-dealkylation sites (N-methyl/N-ethyl adjacent to an activating group) is 1. The van der Waals surface area contributed by atoms with Gasteiger partial charge in [-0.15, -0.1) is 0 Å². The number of thiocarbonyl (C=S) groups is 1. The Morgan fingerprint density at radius 1 is 1.00 bits per heavy atom. The van der Waals surface area contributed by atoms with E-state index in [4.69, 9.17) is 26.4 Å². The van der Waals surface area contributed by atoms with Crippen molar-refractivity contribution in [2.75, 3.05) is 32.9 Å². The van der Waals surface area contributed by atoms with Gasteiger partial charge < -0.3 is 19.1 Å². The largest absolute Gasteiger partial charge is 0.490 e. The number of esters is 1. The summed E-state index contributed by atoms with van der Waals surface area (Å²) in [6.45, 7) is 9.08. The lowest BCUT2D eigenvalue weighted by Crippen LogP contribution is -2.38. The van der Waals surface area contributed by atoms with E-state index in [-0.39, 0.29) is 29.3 Å². The van der Waals surface area contributed by atoms with Crippen LogP contribution >= 0.6 is 24.0 Å². The van der Waals surface area contributed by atoms with E-state index in [1.807, 2.05) is 26.8 Å². The third-order valence-electron chi connectivity index (χ3n) is 5.74. The van der Waals surface area contributed by atoms with Crippen LogP contribution in [0.5, 0.6) is 11.5 Å². The van der Waals surface area contributed by atoms with Crippen molar-refractivity contribution < 1.29 is 28.6 Å². The summed E-state index contributed by atoms with van der Waals surface area (Å²) in [4.78, 5) is 42.0. The van der Waals surface area contributed by atoms with Gasteiger partial charge in [-0.1, -0.05) is 60.4 Å². The van der Waals surface area contributed by atoms with E-state index in [1.54, 1.807) is 60.4 Å². The molecule has 0 bridgehead atoms. The zero-order valence-corrected chi connectivity index (χ0v) is 23.6. The molecule has 38 heavy (non-hydrogen) atoms. The van der Waals surface area contributed by atoms with Crippen molar-refractivity contribution in [3.05, 3.63) is 64.6 Å². The summed E-state index contributed by atoms with van der Waals surface area (Å²) >= 11 is 6.64. The van der Waals surface area contributed by atoms with E-state index in [2.05, 4.69) is 0 Å². The molecule has 0 aromatic heterocycles. The fourth-order valence-corrected chi connectivity index (χ4v) is 5.22. The van der Waals surface area contributed by atoms with Gasteiger partial charge in [-0.3, -0.25) is 14.5 Å². The summed E-state index contributed by atoms with van der Waals surface area (Å²) in [5.74, 6) is -0.151. The molecule has 1 unspecified atom stereocenters. The lowest BCUT2D eigenvalue weighted by atomic mass is 10.1. The van der Waals surface area contributed by atoms with Crippen molar-refractivity contribution in [2.24, 2.45) is 0 Å². The van der Waals surface area contributed by atoms with Crippen LogP contribution in [0.2, 0.25) is 0 Å². The quantitative estimate of drug-likeness (QED) is 0.209. The molecule has 10 heteroatoms. The first-order valence-electron chi connectivity index (χ1n) is 12.5. The van der Waals surface area contributed by atoms with E-state index >= 15 is 0 Å². The highest BCUT2D eigenvalue weighted by molar-refractivity contribution is 8.26. The van der Waals surface area contributed by atoms with Gasteiger partial charge in [0.1, 0.15) is 4.32 Å². The minimum atomic E-state index is -0.979. The van der Waals surface area contributed by atoms with Crippen LogP contribution in [0.3, 0.4) is 0 Å². The Morgan fingerprint density at radius 2 is 1.71 bits per heavy atom. The maximum atomic E-state index is 13.5. The van der Waals surface area contributed by atoms with E-state index in [1.165, 1.54) is 4.90 Å². The first-order chi connectivity index (χ1) is 18.3. The van der Waals surface area contributed by atoms with E-state index in [0.29, 0.717) is 47.2 Å². The molecule has 202 valence electrons. The lowest BCUT2D eigenvalue weighted by molar-refractivity contribution is -0.151. The zero-order chi connectivity index (χ0) is 27.7. The molecular formula is C28H32N2O6S2. The van der Waals surface area contributed by atoms with Crippen LogP contribution < -0.4 is 9.47 Å². The van der Waals surface area contributed by atoms with E-state index in [9.17, 15) is 14.4 Å². The molecule has 1 saturated heterocycles. The summed E-state index contributed by atoms with van der Waals surface area (Å²) in [5.41, 5.74) is 1.30. The molecule has 1 heterocycles. The van der Waals surface area contributed by atoms with E-state index in [0.717, 1.165) is 11.8 Å². The molecule has 0 aliphatic carbocycles. The Morgan fingerprint density at radius 3 is 2.34 bits per heavy atom. The standard InChI is InChI=1S/C28H32N2O6S2/c1-5-29(6-2)24(31)18-36-21-15-14-19(16-22(21)34-7-3)17-23-26(32)30(28(37)38-23)25(27(33)35-8-4)20-12-10-9-11-13-20/h9-17,25H,5-8,18H2,1-4H3/b23-17+. The van der Waals surface area contributed by atoms with E-state index < -0.39 is 12.0 Å². The van der Waals surface area contributed by atoms with Crippen LogP contribution in [0.25, 0.3) is 6.08 Å². The average molecular weight is 557 g/mol. The molecule has 1 atom stereocenters. The van der Waals surface area contributed by atoms with Gasteiger partial charge >= 0.3 is 5.97 Å². The number of benzene rings is 2. The predicted molar refractivity (Wildman–Crippen MR) is 152 cm³/mol. The topological polar surface area (TPSA) is 85.4 Å². The number of ether oxygens (including phenoxy) is 3. The van der Waals surface area contributed by atoms with Crippen LogP contribution in [0.15, 0.2) is 53.4 Å². The molecule has 0 radical (unpaired) electrons. The predicted octanol–water partition coefficient (Wildman–Crippen LogP) is 4.84. The minimum Gasteiger partial charge on any atom is -0.490 e. The maximum absolute atomic E-state index is 13.5. The van der Waals surface area contributed by atoms with Crippen molar-refractivity contribution in [1.82, 2.24) is 9.80 Å². The SMILES string of the molecule is CCOC(=O)C(c1ccccc1)N1C(=O)/C(=C\c2ccc(OCC(=O)N(CC)CC)c(OCC)c2)SC1=S.